The van der Waals surface area contributed by atoms with Crippen molar-refractivity contribution in [3.63, 3.8) is 0 Å². The maximum absolute atomic E-state index is 12.5. The van der Waals surface area contributed by atoms with Crippen molar-refractivity contribution in [2.75, 3.05) is 19.6 Å². The highest BCUT2D eigenvalue weighted by Gasteiger charge is 2.30. The second kappa shape index (κ2) is 8.70. The summed E-state index contributed by atoms with van der Waals surface area (Å²) in [5.41, 5.74) is 0.891. The Bertz CT molecular complexity index is 537. The average molecular weight is 347 g/mol. The number of benzene rings is 1. The van der Waals surface area contributed by atoms with Gasteiger partial charge in [0.1, 0.15) is 5.60 Å². The number of carbonyl (C=O) groups is 1. The molecule has 2 rings (SSSR count). The van der Waals surface area contributed by atoms with Crippen molar-refractivity contribution in [2.45, 2.75) is 65.6 Å². The molecule has 1 saturated heterocycles. The Kier molecular flexibility index (Phi) is 6.88. The smallest absolute Gasteiger partial charge is 0.410 e. The van der Waals surface area contributed by atoms with Crippen molar-refractivity contribution in [2.24, 2.45) is 5.92 Å². The van der Waals surface area contributed by atoms with Crippen LogP contribution in [-0.2, 0) is 11.3 Å². The van der Waals surface area contributed by atoms with E-state index in [4.69, 9.17) is 4.74 Å². The van der Waals surface area contributed by atoms with Gasteiger partial charge in [-0.05, 0) is 45.1 Å². The Morgan fingerprint density at radius 2 is 1.88 bits per heavy atom. The molecule has 4 nitrogen and oxygen atoms in total. The summed E-state index contributed by atoms with van der Waals surface area (Å²) < 4.78 is 5.61. The zero-order chi connectivity index (χ0) is 18.4. The van der Waals surface area contributed by atoms with Crippen LogP contribution in [0, 0.1) is 5.92 Å². The molecule has 1 atom stereocenters. The van der Waals surface area contributed by atoms with Gasteiger partial charge in [-0.1, -0.05) is 44.2 Å². The van der Waals surface area contributed by atoms with Crippen LogP contribution in [0.5, 0.6) is 0 Å². The fourth-order valence-corrected chi connectivity index (χ4v) is 3.39. The van der Waals surface area contributed by atoms with E-state index in [2.05, 4.69) is 49.1 Å². The Morgan fingerprint density at radius 3 is 2.48 bits per heavy atom. The monoisotopic (exact) mass is 346 g/mol. The second-order valence-electron chi connectivity index (χ2n) is 8.52. The number of ether oxygens (including phenoxy) is 1. The molecule has 1 aliphatic rings. The molecule has 0 N–H and O–H groups in total. The van der Waals surface area contributed by atoms with Crippen LogP contribution in [0.3, 0.4) is 0 Å². The maximum atomic E-state index is 12.5. The quantitative estimate of drug-likeness (QED) is 0.802. The van der Waals surface area contributed by atoms with Gasteiger partial charge in [-0.15, -0.1) is 0 Å². The number of amides is 1. The lowest BCUT2D eigenvalue weighted by Gasteiger charge is -2.33. The first kappa shape index (κ1) is 19.8. The lowest BCUT2D eigenvalue weighted by Crippen LogP contribution is -2.44. The Morgan fingerprint density at radius 1 is 1.20 bits per heavy atom. The van der Waals surface area contributed by atoms with E-state index in [1.54, 1.807) is 0 Å². The fourth-order valence-electron chi connectivity index (χ4n) is 3.39. The first-order valence-corrected chi connectivity index (χ1v) is 9.50. The minimum absolute atomic E-state index is 0.178. The number of rotatable bonds is 4. The molecule has 1 unspecified atom stereocenters. The summed E-state index contributed by atoms with van der Waals surface area (Å²) in [4.78, 5) is 17.0. The first-order valence-electron chi connectivity index (χ1n) is 9.50. The van der Waals surface area contributed by atoms with E-state index in [-0.39, 0.29) is 6.09 Å². The molecule has 4 heteroatoms. The minimum atomic E-state index is -0.444. The van der Waals surface area contributed by atoms with Crippen LogP contribution in [0.25, 0.3) is 0 Å². The van der Waals surface area contributed by atoms with Gasteiger partial charge in [0.25, 0.3) is 0 Å². The van der Waals surface area contributed by atoms with Crippen LogP contribution >= 0.6 is 0 Å². The summed E-state index contributed by atoms with van der Waals surface area (Å²) in [6, 6.07) is 11.0. The third kappa shape index (κ3) is 6.69. The molecule has 0 bridgehead atoms. The minimum Gasteiger partial charge on any atom is -0.444 e. The molecule has 1 amide bonds. The van der Waals surface area contributed by atoms with Crippen molar-refractivity contribution >= 4 is 6.09 Å². The molecule has 0 aromatic heterocycles. The van der Waals surface area contributed by atoms with Gasteiger partial charge in [0.05, 0.1) is 0 Å². The SMILES string of the molecule is CC(C)CC1CN(C(=O)OC(C)(C)C)CCCN1Cc1ccccc1. The van der Waals surface area contributed by atoms with Gasteiger partial charge >= 0.3 is 6.09 Å². The van der Waals surface area contributed by atoms with Crippen LogP contribution in [0.2, 0.25) is 0 Å². The third-order valence-electron chi connectivity index (χ3n) is 4.44. The van der Waals surface area contributed by atoms with E-state index in [1.165, 1.54) is 5.56 Å². The lowest BCUT2D eigenvalue weighted by molar-refractivity contribution is 0.0222. The number of carbonyl (C=O) groups excluding carboxylic acids is 1. The van der Waals surface area contributed by atoms with E-state index in [0.717, 1.165) is 39.0 Å². The normalized spacial score (nSPS) is 19.8. The van der Waals surface area contributed by atoms with Crippen molar-refractivity contribution in [1.29, 1.82) is 0 Å². The van der Waals surface area contributed by atoms with E-state index >= 15 is 0 Å². The molecule has 0 aliphatic carbocycles. The summed E-state index contributed by atoms with van der Waals surface area (Å²) in [5.74, 6) is 0.599. The van der Waals surface area contributed by atoms with Gasteiger partial charge in [-0.25, -0.2) is 4.79 Å². The molecule has 25 heavy (non-hydrogen) atoms. The molecule has 1 aliphatic heterocycles. The van der Waals surface area contributed by atoms with Gasteiger partial charge in [0.15, 0.2) is 0 Å². The van der Waals surface area contributed by atoms with Gasteiger partial charge in [-0.3, -0.25) is 4.90 Å². The highest BCUT2D eigenvalue weighted by molar-refractivity contribution is 5.68. The Labute approximate surface area is 153 Å². The van der Waals surface area contributed by atoms with Gasteiger partial charge in [-0.2, -0.15) is 0 Å². The highest BCUT2D eigenvalue weighted by Crippen LogP contribution is 2.21. The lowest BCUT2D eigenvalue weighted by atomic mass is 10.0. The molecular weight excluding hydrogens is 312 g/mol. The van der Waals surface area contributed by atoms with E-state index in [9.17, 15) is 4.79 Å². The van der Waals surface area contributed by atoms with Gasteiger partial charge < -0.3 is 9.64 Å². The fraction of sp³-hybridized carbons (Fsp3) is 0.667. The summed E-state index contributed by atoms with van der Waals surface area (Å²) in [5, 5.41) is 0. The zero-order valence-electron chi connectivity index (χ0n) is 16.5. The molecular formula is C21H34N2O2. The number of hydrogen-bond acceptors (Lipinski definition) is 3. The maximum Gasteiger partial charge on any atom is 0.410 e. The molecule has 140 valence electrons. The van der Waals surface area contributed by atoms with Crippen molar-refractivity contribution in [1.82, 2.24) is 9.80 Å². The average Bonchev–Trinajstić information content (AvgIpc) is 2.69. The van der Waals surface area contributed by atoms with Crippen LogP contribution < -0.4 is 0 Å². The Hall–Kier alpha value is -1.55. The summed E-state index contributed by atoms with van der Waals surface area (Å²) in [6.07, 6.45) is 1.90. The predicted molar refractivity (Wildman–Crippen MR) is 103 cm³/mol. The number of hydrogen-bond donors (Lipinski definition) is 0. The highest BCUT2D eigenvalue weighted by atomic mass is 16.6. The zero-order valence-corrected chi connectivity index (χ0v) is 16.5. The Balaban J connectivity index is 2.09. The number of nitrogens with zero attached hydrogens (tertiary/aromatic N) is 2. The van der Waals surface area contributed by atoms with Crippen molar-refractivity contribution in [3.8, 4) is 0 Å². The largest absolute Gasteiger partial charge is 0.444 e. The van der Waals surface area contributed by atoms with Crippen LogP contribution in [0.15, 0.2) is 30.3 Å². The third-order valence-corrected chi connectivity index (χ3v) is 4.44. The molecule has 1 aromatic rings. The van der Waals surface area contributed by atoms with Crippen molar-refractivity contribution < 1.29 is 9.53 Å². The summed E-state index contributed by atoms with van der Waals surface area (Å²) in [7, 11) is 0. The standard InChI is InChI=1S/C21H34N2O2/c1-17(2)14-19-16-23(20(24)25-21(3,4)5)13-9-12-22(19)15-18-10-7-6-8-11-18/h6-8,10-11,17,19H,9,12-16H2,1-5H3. The second-order valence-corrected chi connectivity index (χ2v) is 8.52. The molecule has 0 spiro atoms. The molecule has 1 fully saturated rings. The van der Waals surface area contributed by atoms with Gasteiger partial charge in [0.2, 0.25) is 0 Å². The summed E-state index contributed by atoms with van der Waals surface area (Å²) >= 11 is 0. The van der Waals surface area contributed by atoms with Gasteiger partial charge in [0, 0.05) is 32.2 Å². The van der Waals surface area contributed by atoms with Crippen LogP contribution in [0.4, 0.5) is 4.79 Å². The van der Waals surface area contributed by atoms with Crippen LogP contribution in [-0.4, -0.2) is 47.2 Å². The molecule has 0 saturated carbocycles. The first-order chi connectivity index (χ1) is 11.7. The predicted octanol–water partition coefficient (Wildman–Crippen LogP) is 4.54. The molecule has 1 heterocycles. The van der Waals surface area contributed by atoms with E-state index in [1.807, 2.05) is 25.7 Å². The topological polar surface area (TPSA) is 32.8 Å². The summed E-state index contributed by atoms with van der Waals surface area (Å²) in [6.45, 7) is 13.8. The van der Waals surface area contributed by atoms with E-state index in [0.29, 0.717) is 12.0 Å². The van der Waals surface area contributed by atoms with E-state index < -0.39 is 5.60 Å². The van der Waals surface area contributed by atoms with Crippen molar-refractivity contribution in [3.05, 3.63) is 35.9 Å². The van der Waals surface area contributed by atoms with Crippen LogP contribution in [0.1, 0.15) is 53.0 Å². The molecule has 1 aromatic carbocycles. The molecule has 0 radical (unpaired) electrons.